The minimum absolute atomic E-state index is 0.322. The standard InChI is InChI=1S/C17H19NO3/c1-18(2)11-13-4-3-5-15(10-13)14-6-8-16(9-7-14)21-12-17(19)20/h3-10H,11-12H2,1-2H3,(H,19,20). The number of carboxylic acid groups (broad SMARTS) is 1. The topological polar surface area (TPSA) is 49.8 Å². The maximum Gasteiger partial charge on any atom is 0.341 e. The number of aliphatic carboxylic acids is 1. The van der Waals surface area contributed by atoms with Gasteiger partial charge in [0.15, 0.2) is 6.61 Å². The van der Waals surface area contributed by atoms with Gasteiger partial charge >= 0.3 is 5.97 Å². The van der Waals surface area contributed by atoms with Gasteiger partial charge in [-0.15, -0.1) is 0 Å². The van der Waals surface area contributed by atoms with E-state index in [0.717, 1.165) is 17.7 Å². The molecule has 1 N–H and O–H groups in total. The highest BCUT2D eigenvalue weighted by atomic mass is 16.5. The molecular formula is C17H19NO3. The third-order valence-electron chi connectivity index (χ3n) is 2.98. The number of benzene rings is 2. The maximum absolute atomic E-state index is 10.5. The van der Waals surface area contributed by atoms with Crippen LogP contribution in [0.5, 0.6) is 5.75 Å². The number of rotatable bonds is 6. The number of carbonyl (C=O) groups is 1. The van der Waals surface area contributed by atoms with E-state index in [0.29, 0.717) is 5.75 Å². The molecule has 0 heterocycles. The van der Waals surface area contributed by atoms with Gasteiger partial charge in [-0.25, -0.2) is 4.79 Å². The highest BCUT2D eigenvalue weighted by Crippen LogP contribution is 2.23. The van der Waals surface area contributed by atoms with Gasteiger partial charge in [-0.05, 0) is 49.0 Å². The molecule has 0 amide bonds. The Kier molecular flexibility index (Phi) is 4.95. The van der Waals surface area contributed by atoms with Gasteiger partial charge in [0.25, 0.3) is 0 Å². The third kappa shape index (κ3) is 4.61. The van der Waals surface area contributed by atoms with Gasteiger partial charge < -0.3 is 14.7 Å². The van der Waals surface area contributed by atoms with Crippen LogP contribution in [0, 0.1) is 0 Å². The van der Waals surface area contributed by atoms with Crippen molar-refractivity contribution < 1.29 is 14.6 Å². The smallest absolute Gasteiger partial charge is 0.341 e. The molecule has 21 heavy (non-hydrogen) atoms. The van der Waals surface area contributed by atoms with E-state index in [-0.39, 0.29) is 6.61 Å². The largest absolute Gasteiger partial charge is 0.482 e. The minimum atomic E-state index is -0.976. The van der Waals surface area contributed by atoms with Gasteiger partial charge in [0.2, 0.25) is 0 Å². The summed E-state index contributed by atoms with van der Waals surface area (Å²) in [6, 6.07) is 15.8. The van der Waals surface area contributed by atoms with Crippen LogP contribution in [0.15, 0.2) is 48.5 Å². The number of carboxylic acids is 1. The van der Waals surface area contributed by atoms with Crippen LogP contribution in [-0.4, -0.2) is 36.7 Å². The van der Waals surface area contributed by atoms with Gasteiger partial charge in [0.1, 0.15) is 5.75 Å². The van der Waals surface area contributed by atoms with Crippen molar-refractivity contribution in [3.63, 3.8) is 0 Å². The second kappa shape index (κ2) is 6.90. The molecule has 2 aromatic rings. The quantitative estimate of drug-likeness (QED) is 0.886. The lowest BCUT2D eigenvalue weighted by atomic mass is 10.0. The molecule has 0 fully saturated rings. The molecule has 0 atom stereocenters. The Morgan fingerprint density at radius 3 is 2.43 bits per heavy atom. The average Bonchev–Trinajstić information content (AvgIpc) is 2.45. The van der Waals surface area contributed by atoms with Crippen molar-refractivity contribution in [3.8, 4) is 16.9 Å². The summed E-state index contributed by atoms with van der Waals surface area (Å²) in [7, 11) is 4.09. The fraction of sp³-hybridized carbons (Fsp3) is 0.235. The first-order valence-electron chi connectivity index (χ1n) is 6.73. The van der Waals surface area contributed by atoms with Crippen molar-refractivity contribution >= 4 is 5.97 Å². The Morgan fingerprint density at radius 2 is 1.81 bits per heavy atom. The van der Waals surface area contributed by atoms with Crippen LogP contribution in [-0.2, 0) is 11.3 Å². The normalized spacial score (nSPS) is 10.6. The molecule has 2 aromatic carbocycles. The summed E-state index contributed by atoms with van der Waals surface area (Å²) in [5.74, 6) is -0.416. The Labute approximate surface area is 124 Å². The molecule has 4 heteroatoms. The molecular weight excluding hydrogens is 266 g/mol. The monoisotopic (exact) mass is 285 g/mol. The van der Waals surface area contributed by atoms with Crippen molar-refractivity contribution in [1.29, 1.82) is 0 Å². The Bertz CT molecular complexity index is 606. The van der Waals surface area contributed by atoms with Crippen LogP contribution in [0.1, 0.15) is 5.56 Å². The number of hydrogen-bond donors (Lipinski definition) is 1. The van der Waals surface area contributed by atoms with E-state index in [2.05, 4.69) is 23.1 Å². The maximum atomic E-state index is 10.5. The van der Waals surface area contributed by atoms with Crippen LogP contribution < -0.4 is 4.74 Å². The predicted octanol–water partition coefficient (Wildman–Crippen LogP) is 2.88. The van der Waals surface area contributed by atoms with Crippen LogP contribution in [0.25, 0.3) is 11.1 Å². The molecule has 0 unspecified atom stereocenters. The fourth-order valence-electron chi connectivity index (χ4n) is 2.10. The lowest BCUT2D eigenvalue weighted by Gasteiger charge is -2.11. The molecule has 0 aliphatic carbocycles. The molecule has 110 valence electrons. The van der Waals surface area contributed by atoms with Crippen LogP contribution in [0.4, 0.5) is 0 Å². The van der Waals surface area contributed by atoms with E-state index >= 15 is 0 Å². The first kappa shape index (κ1) is 15.1. The summed E-state index contributed by atoms with van der Waals surface area (Å²) < 4.78 is 5.13. The van der Waals surface area contributed by atoms with Gasteiger partial charge in [0.05, 0.1) is 0 Å². The summed E-state index contributed by atoms with van der Waals surface area (Å²) in [5.41, 5.74) is 3.47. The number of hydrogen-bond acceptors (Lipinski definition) is 3. The van der Waals surface area contributed by atoms with Crippen LogP contribution in [0.3, 0.4) is 0 Å². The van der Waals surface area contributed by atoms with E-state index in [1.165, 1.54) is 5.56 Å². The molecule has 2 rings (SSSR count). The van der Waals surface area contributed by atoms with E-state index in [1.54, 1.807) is 12.1 Å². The van der Waals surface area contributed by atoms with Gasteiger partial charge in [-0.1, -0.05) is 30.3 Å². The van der Waals surface area contributed by atoms with Crippen molar-refractivity contribution in [3.05, 3.63) is 54.1 Å². The Balaban J connectivity index is 2.13. The van der Waals surface area contributed by atoms with Crippen LogP contribution in [0.2, 0.25) is 0 Å². The fourth-order valence-corrected chi connectivity index (χ4v) is 2.10. The molecule has 0 radical (unpaired) electrons. The van der Waals surface area contributed by atoms with Gasteiger partial charge in [-0.3, -0.25) is 0 Å². The zero-order chi connectivity index (χ0) is 15.2. The first-order valence-corrected chi connectivity index (χ1v) is 6.73. The minimum Gasteiger partial charge on any atom is -0.482 e. The molecule has 0 saturated carbocycles. The summed E-state index contributed by atoms with van der Waals surface area (Å²) >= 11 is 0. The van der Waals surface area contributed by atoms with Crippen LogP contribution >= 0.6 is 0 Å². The molecule has 0 spiro atoms. The highest BCUT2D eigenvalue weighted by molar-refractivity contribution is 5.69. The first-order chi connectivity index (χ1) is 10.0. The lowest BCUT2D eigenvalue weighted by molar-refractivity contribution is -0.139. The second-order valence-electron chi connectivity index (χ2n) is 5.14. The molecule has 4 nitrogen and oxygen atoms in total. The van der Waals surface area contributed by atoms with E-state index in [1.807, 2.05) is 32.3 Å². The molecule has 0 aliphatic rings. The Hall–Kier alpha value is -2.33. The van der Waals surface area contributed by atoms with E-state index in [9.17, 15) is 4.79 Å². The second-order valence-corrected chi connectivity index (χ2v) is 5.14. The summed E-state index contributed by atoms with van der Waals surface area (Å²) in [6.07, 6.45) is 0. The number of nitrogens with zero attached hydrogens (tertiary/aromatic N) is 1. The molecule has 0 aliphatic heterocycles. The third-order valence-corrected chi connectivity index (χ3v) is 2.98. The predicted molar refractivity (Wildman–Crippen MR) is 82.4 cm³/mol. The van der Waals surface area contributed by atoms with Crippen molar-refractivity contribution in [2.45, 2.75) is 6.54 Å². The molecule has 0 saturated heterocycles. The van der Waals surface area contributed by atoms with Gasteiger partial charge in [-0.2, -0.15) is 0 Å². The molecule has 0 bridgehead atoms. The number of ether oxygens (including phenoxy) is 1. The zero-order valence-electron chi connectivity index (χ0n) is 12.2. The van der Waals surface area contributed by atoms with Crippen molar-refractivity contribution in [2.24, 2.45) is 0 Å². The zero-order valence-corrected chi connectivity index (χ0v) is 12.2. The lowest BCUT2D eigenvalue weighted by Crippen LogP contribution is -2.10. The summed E-state index contributed by atoms with van der Waals surface area (Å²) in [5, 5.41) is 8.58. The average molecular weight is 285 g/mol. The van der Waals surface area contributed by atoms with Crippen molar-refractivity contribution in [2.75, 3.05) is 20.7 Å². The summed E-state index contributed by atoms with van der Waals surface area (Å²) in [4.78, 5) is 12.6. The van der Waals surface area contributed by atoms with Crippen molar-refractivity contribution in [1.82, 2.24) is 4.90 Å². The highest BCUT2D eigenvalue weighted by Gasteiger charge is 2.03. The van der Waals surface area contributed by atoms with E-state index in [4.69, 9.17) is 9.84 Å². The summed E-state index contributed by atoms with van der Waals surface area (Å²) in [6.45, 7) is 0.575. The van der Waals surface area contributed by atoms with E-state index < -0.39 is 5.97 Å². The molecule has 0 aromatic heterocycles. The van der Waals surface area contributed by atoms with Gasteiger partial charge in [0, 0.05) is 6.54 Å². The SMILES string of the molecule is CN(C)Cc1cccc(-c2ccc(OCC(=O)O)cc2)c1. The Morgan fingerprint density at radius 1 is 1.10 bits per heavy atom.